The van der Waals surface area contributed by atoms with E-state index >= 15 is 0 Å². The fourth-order valence-electron chi connectivity index (χ4n) is 4.87. The van der Waals surface area contributed by atoms with Gasteiger partial charge < -0.3 is 20.3 Å². The van der Waals surface area contributed by atoms with Gasteiger partial charge in [-0.25, -0.2) is 0 Å². The summed E-state index contributed by atoms with van der Waals surface area (Å²) in [5.41, 5.74) is 0.162. The van der Waals surface area contributed by atoms with Gasteiger partial charge in [-0.3, -0.25) is 4.79 Å². The molecule has 0 saturated heterocycles. The van der Waals surface area contributed by atoms with Gasteiger partial charge >= 0.3 is 17.1 Å². The molecular weight excluding hydrogens is 346 g/mol. The van der Waals surface area contributed by atoms with Gasteiger partial charge in [0.2, 0.25) is 0 Å². The number of carboxylic acid groups (broad SMARTS) is 1. The Morgan fingerprint density at radius 3 is 1.74 bits per heavy atom. The number of ketones is 1. The van der Waals surface area contributed by atoms with Crippen LogP contribution in [-0.4, -0.2) is 23.8 Å². The summed E-state index contributed by atoms with van der Waals surface area (Å²) < 4.78 is 0. The maximum Gasteiger partial charge on any atom is 2.00 e. The van der Waals surface area contributed by atoms with Gasteiger partial charge in [-0.15, -0.1) is 5.76 Å². The van der Waals surface area contributed by atoms with Crippen molar-refractivity contribution in [3.63, 3.8) is 0 Å². The molecular formula is C17H25CuNO4. The summed E-state index contributed by atoms with van der Waals surface area (Å²) in [5, 5.41) is 23.8. The largest absolute Gasteiger partial charge is 2.00 e. The molecule has 23 heavy (non-hydrogen) atoms. The molecule has 0 aromatic carbocycles. The van der Waals surface area contributed by atoms with E-state index in [0.29, 0.717) is 0 Å². The number of allylic oxidation sites excluding steroid dienone is 2. The van der Waals surface area contributed by atoms with Gasteiger partial charge in [0.15, 0.2) is 5.78 Å². The molecule has 0 spiro atoms. The smallest absolute Gasteiger partial charge is 0.876 e. The van der Waals surface area contributed by atoms with Gasteiger partial charge in [0, 0.05) is 12.1 Å². The Kier molecular flexibility index (Phi) is 7.30. The van der Waals surface area contributed by atoms with Crippen LogP contribution in [0.1, 0.15) is 52.4 Å². The molecule has 0 aromatic heterocycles. The number of rotatable bonds is 4. The summed E-state index contributed by atoms with van der Waals surface area (Å²) in [5.74, 6) is 1.26. The predicted molar refractivity (Wildman–Crippen MR) is 78.4 cm³/mol. The zero-order valence-corrected chi connectivity index (χ0v) is 14.6. The fourth-order valence-corrected chi connectivity index (χ4v) is 4.87. The molecule has 5 nitrogen and oxygen atoms in total. The minimum atomic E-state index is -0.967. The summed E-state index contributed by atoms with van der Waals surface area (Å²) in [6.07, 6.45) is 8.84. The predicted octanol–water partition coefficient (Wildman–Crippen LogP) is 0.132. The van der Waals surface area contributed by atoms with Crippen LogP contribution in [-0.2, 0) is 26.7 Å². The van der Waals surface area contributed by atoms with Crippen LogP contribution in [0.25, 0.3) is 0 Å². The maximum atomic E-state index is 10.5. The van der Waals surface area contributed by atoms with Crippen LogP contribution >= 0.6 is 0 Å². The third-order valence-electron chi connectivity index (χ3n) is 5.05. The Morgan fingerprint density at radius 2 is 1.48 bits per heavy atom. The van der Waals surface area contributed by atoms with Crippen LogP contribution in [0, 0.1) is 17.8 Å². The van der Waals surface area contributed by atoms with Gasteiger partial charge in [0.1, 0.15) is 0 Å². The minimum absolute atomic E-state index is 0. The van der Waals surface area contributed by atoms with E-state index in [2.05, 4.69) is 5.32 Å². The first-order chi connectivity index (χ1) is 10.3. The molecule has 133 valence electrons. The van der Waals surface area contributed by atoms with Crippen LogP contribution in [0.4, 0.5) is 0 Å². The standard InChI is InChI=1S/C12H19NO2.C5H8O2.Cu/c14-11(15)7-13-12-4-8-1-9(5-12)3-10(2-8)6-12;1-4(6)3-5(2)7;/h8-10,13H,1-7H2,(H,14,15);3,6H,1-2H3;/q;;+2/p-2/b;4-3-;. The van der Waals surface area contributed by atoms with E-state index in [1.807, 2.05) is 0 Å². The SMILES string of the molecule is CC(=O)/C=C(/C)[O-].O=C([O-])CNC12CC3CC(CC(C3)C1)C2.[Cu+2]. The summed E-state index contributed by atoms with van der Waals surface area (Å²) in [6.45, 7) is 2.73. The number of aliphatic carboxylic acids is 1. The topological polar surface area (TPSA) is 92.3 Å². The average Bonchev–Trinajstić information content (AvgIpc) is 2.34. The van der Waals surface area contributed by atoms with Crippen molar-refractivity contribution in [1.82, 2.24) is 5.32 Å². The van der Waals surface area contributed by atoms with Crippen LogP contribution in [0.3, 0.4) is 0 Å². The second-order valence-corrected chi connectivity index (χ2v) is 7.29. The van der Waals surface area contributed by atoms with Crippen molar-refractivity contribution in [1.29, 1.82) is 0 Å². The van der Waals surface area contributed by atoms with E-state index in [-0.39, 0.29) is 40.7 Å². The Bertz CT molecular complexity index is 436. The molecule has 4 bridgehead atoms. The number of hydrogen-bond donors (Lipinski definition) is 1. The minimum Gasteiger partial charge on any atom is -0.876 e. The third kappa shape index (κ3) is 5.94. The van der Waals surface area contributed by atoms with E-state index < -0.39 is 5.97 Å². The van der Waals surface area contributed by atoms with Gasteiger partial charge in [-0.2, -0.15) is 0 Å². The molecule has 4 fully saturated rings. The summed E-state index contributed by atoms with van der Waals surface area (Å²) in [6, 6.07) is 0. The van der Waals surface area contributed by atoms with Crippen molar-refractivity contribution in [3.8, 4) is 0 Å². The van der Waals surface area contributed by atoms with Crippen molar-refractivity contribution < 1.29 is 36.9 Å². The number of carbonyl (C=O) groups excluding carboxylic acids is 2. The molecule has 1 radical (unpaired) electrons. The monoisotopic (exact) mass is 370 g/mol. The van der Waals surface area contributed by atoms with E-state index in [4.69, 9.17) is 0 Å². The molecule has 6 heteroatoms. The van der Waals surface area contributed by atoms with E-state index in [0.717, 1.165) is 23.8 Å². The summed E-state index contributed by atoms with van der Waals surface area (Å²) in [4.78, 5) is 20.5. The van der Waals surface area contributed by atoms with Gasteiger partial charge in [-0.1, -0.05) is 6.92 Å². The molecule has 0 unspecified atom stereocenters. The molecule has 0 aromatic rings. The fraction of sp³-hybridized carbons (Fsp3) is 0.765. The van der Waals surface area contributed by atoms with E-state index in [1.165, 1.54) is 52.4 Å². The Morgan fingerprint density at radius 1 is 1.04 bits per heavy atom. The van der Waals surface area contributed by atoms with Crippen LogP contribution in [0.5, 0.6) is 0 Å². The van der Waals surface area contributed by atoms with E-state index in [1.54, 1.807) is 0 Å². The number of hydrogen-bond acceptors (Lipinski definition) is 5. The number of carbonyl (C=O) groups is 2. The van der Waals surface area contributed by atoms with Gasteiger partial charge in [0.05, 0.1) is 5.97 Å². The first kappa shape index (κ1) is 20.2. The molecule has 0 heterocycles. The summed E-state index contributed by atoms with van der Waals surface area (Å²) in [7, 11) is 0. The van der Waals surface area contributed by atoms with Crippen molar-refractivity contribution in [2.45, 2.75) is 57.9 Å². The molecule has 4 aliphatic rings. The normalized spacial score (nSPS) is 34.2. The molecule has 0 atom stereocenters. The summed E-state index contributed by atoms with van der Waals surface area (Å²) >= 11 is 0. The van der Waals surface area contributed by atoms with Crippen molar-refractivity contribution in [2.75, 3.05) is 6.54 Å². The molecule has 4 saturated carbocycles. The van der Waals surface area contributed by atoms with Gasteiger partial charge in [0.25, 0.3) is 0 Å². The molecule has 1 N–H and O–H groups in total. The van der Waals surface area contributed by atoms with Crippen LogP contribution in [0.15, 0.2) is 11.8 Å². The molecule has 4 rings (SSSR count). The second-order valence-electron chi connectivity index (χ2n) is 7.29. The van der Waals surface area contributed by atoms with Gasteiger partial charge in [-0.05, 0) is 69.3 Å². The van der Waals surface area contributed by atoms with Crippen LogP contribution in [0.2, 0.25) is 0 Å². The molecule has 0 amide bonds. The molecule has 4 aliphatic carbocycles. The first-order valence-electron chi connectivity index (χ1n) is 8.09. The first-order valence-corrected chi connectivity index (χ1v) is 8.09. The quantitative estimate of drug-likeness (QED) is 0.431. The van der Waals surface area contributed by atoms with Crippen LogP contribution < -0.4 is 15.5 Å². The third-order valence-corrected chi connectivity index (χ3v) is 5.05. The second kappa shape index (κ2) is 8.31. The maximum absolute atomic E-state index is 10.5. The van der Waals surface area contributed by atoms with E-state index in [9.17, 15) is 19.8 Å². The molecule has 0 aliphatic heterocycles. The van der Waals surface area contributed by atoms with Crippen molar-refractivity contribution >= 4 is 11.8 Å². The number of carboxylic acids is 1. The number of nitrogens with one attached hydrogen (secondary N) is 1. The Hall–Kier alpha value is -0.841. The van der Waals surface area contributed by atoms with Crippen molar-refractivity contribution in [3.05, 3.63) is 11.8 Å². The zero-order chi connectivity index (χ0) is 16.3. The van der Waals surface area contributed by atoms with Crippen molar-refractivity contribution in [2.24, 2.45) is 17.8 Å². The zero-order valence-electron chi connectivity index (χ0n) is 13.7. The average molecular weight is 371 g/mol. The Labute approximate surface area is 148 Å². The Balaban J connectivity index is 0.000000287.